The minimum Gasteiger partial charge on any atom is -0.375 e. The van der Waals surface area contributed by atoms with Crippen molar-refractivity contribution in [2.24, 2.45) is 4.99 Å². The van der Waals surface area contributed by atoms with Crippen LogP contribution in [0.1, 0.15) is 22.7 Å². The van der Waals surface area contributed by atoms with Gasteiger partial charge >= 0.3 is 0 Å². The second-order valence-electron chi connectivity index (χ2n) is 6.00. The van der Waals surface area contributed by atoms with Gasteiger partial charge in [-0.05, 0) is 31.9 Å². The van der Waals surface area contributed by atoms with Crippen LogP contribution in [0.3, 0.4) is 0 Å². The van der Waals surface area contributed by atoms with Crippen LogP contribution in [-0.2, 0) is 6.42 Å². The molecule has 0 amide bonds. The van der Waals surface area contributed by atoms with Gasteiger partial charge in [0.05, 0.1) is 5.01 Å². The fraction of sp³-hybridized carbons (Fsp3) is 0.474. The molecule has 0 aliphatic carbocycles. The molecule has 0 bridgehead atoms. The fourth-order valence-electron chi connectivity index (χ4n) is 2.52. The number of thiazole rings is 1. The second-order valence-corrected chi connectivity index (χ2v) is 7.32. The van der Waals surface area contributed by atoms with E-state index < -0.39 is 0 Å². The highest BCUT2D eigenvalue weighted by molar-refractivity contribution is 7.11. The molecule has 1 aromatic heterocycles. The van der Waals surface area contributed by atoms with Crippen LogP contribution in [0.4, 0.5) is 5.69 Å². The van der Waals surface area contributed by atoms with Crippen LogP contribution in [0.5, 0.6) is 0 Å². The molecule has 0 aliphatic rings. The van der Waals surface area contributed by atoms with Gasteiger partial charge < -0.3 is 15.5 Å². The predicted octanol–water partition coefficient (Wildman–Crippen LogP) is 3.08. The molecule has 136 valence electrons. The number of nitrogens with one attached hydrogen (secondary N) is 2. The second kappa shape index (κ2) is 10.7. The normalized spacial score (nSPS) is 11.4. The first kappa shape index (κ1) is 19.2. The van der Waals surface area contributed by atoms with Crippen LogP contribution in [0.15, 0.2) is 41.5 Å². The molecule has 0 atom stereocenters. The quantitative estimate of drug-likeness (QED) is 0.410. The highest BCUT2D eigenvalue weighted by atomic mass is 32.1. The zero-order valence-electron chi connectivity index (χ0n) is 15.5. The van der Waals surface area contributed by atoms with Gasteiger partial charge in [-0.25, -0.2) is 4.98 Å². The van der Waals surface area contributed by atoms with Crippen molar-refractivity contribution in [2.75, 3.05) is 38.6 Å². The summed E-state index contributed by atoms with van der Waals surface area (Å²) in [6.07, 6.45) is 5.12. The zero-order valence-corrected chi connectivity index (χ0v) is 16.3. The van der Waals surface area contributed by atoms with Crippen molar-refractivity contribution in [2.45, 2.75) is 26.2 Å². The largest absolute Gasteiger partial charge is 0.375 e. The molecule has 0 saturated heterocycles. The zero-order chi connectivity index (χ0) is 17.9. The fourth-order valence-corrected chi connectivity index (χ4v) is 3.30. The van der Waals surface area contributed by atoms with Gasteiger partial charge in [0, 0.05) is 56.9 Å². The SMILES string of the molecule is CN=C(NCCCCN(C)c1ccccc1)NCCc1ncc(C)s1. The summed E-state index contributed by atoms with van der Waals surface area (Å²) < 4.78 is 0. The summed E-state index contributed by atoms with van der Waals surface area (Å²) in [5, 5.41) is 7.90. The first-order valence-corrected chi connectivity index (χ1v) is 9.62. The van der Waals surface area contributed by atoms with Crippen molar-refractivity contribution >= 4 is 23.0 Å². The molecule has 2 rings (SSSR count). The number of aryl methyl sites for hydroxylation is 1. The van der Waals surface area contributed by atoms with Gasteiger partial charge in [-0.3, -0.25) is 4.99 Å². The third kappa shape index (κ3) is 7.13. The Kier molecular flexibility index (Phi) is 8.25. The molecule has 6 heteroatoms. The molecule has 2 N–H and O–H groups in total. The van der Waals surface area contributed by atoms with E-state index >= 15 is 0 Å². The lowest BCUT2D eigenvalue weighted by Crippen LogP contribution is -2.38. The highest BCUT2D eigenvalue weighted by Gasteiger charge is 2.02. The maximum absolute atomic E-state index is 4.38. The first-order chi connectivity index (χ1) is 12.2. The Morgan fingerprint density at radius 3 is 2.60 bits per heavy atom. The van der Waals surface area contributed by atoms with E-state index in [2.05, 4.69) is 69.8 Å². The van der Waals surface area contributed by atoms with Crippen LogP contribution in [-0.4, -0.2) is 44.7 Å². The molecule has 0 aliphatic heterocycles. The third-order valence-corrected chi connectivity index (χ3v) is 4.91. The molecular formula is C19H29N5S. The molecule has 2 aromatic rings. The molecule has 0 fully saturated rings. The molecule has 0 radical (unpaired) electrons. The molecular weight excluding hydrogens is 330 g/mol. The maximum atomic E-state index is 4.38. The summed E-state index contributed by atoms with van der Waals surface area (Å²) in [4.78, 5) is 12.2. The minimum atomic E-state index is 0.851. The lowest BCUT2D eigenvalue weighted by atomic mass is 10.2. The van der Waals surface area contributed by atoms with E-state index in [1.54, 1.807) is 11.3 Å². The number of aliphatic imine (C=N–C) groups is 1. The number of rotatable bonds is 9. The number of anilines is 1. The number of unbranched alkanes of at least 4 members (excludes halogenated alkanes) is 1. The highest BCUT2D eigenvalue weighted by Crippen LogP contribution is 2.12. The third-order valence-electron chi connectivity index (χ3n) is 3.93. The summed E-state index contributed by atoms with van der Waals surface area (Å²) in [7, 11) is 3.95. The number of benzene rings is 1. The number of nitrogens with zero attached hydrogens (tertiary/aromatic N) is 3. The van der Waals surface area contributed by atoms with Gasteiger partial charge in [-0.15, -0.1) is 11.3 Å². The maximum Gasteiger partial charge on any atom is 0.190 e. The average Bonchev–Trinajstić information content (AvgIpc) is 3.05. The molecule has 5 nitrogen and oxygen atoms in total. The van der Waals surface area contributed by atoms with Gasteiger partial charge in [0.15, 0.2) is 5.96 Å². The summed E-state index contributed by atoms with van der Waals surface area (Å²) >= 11 is 1.76. The van der Waals surface area contributed by atoms with Crippen molar-refractivity contribution in [3.05, 3.63) is 46.4 Å². The summed E-state index contributed by atoms with van der Waals surface area (Å²) in [6, 6.07) is 10.5. The van der Waals surface area contributed by atoms with Crippen LogP contribution < -0.4 is 15.5 Å². The van der Waals surface area contributed by atoms with E-state index in [0.717, 1.165) is 44.9 Å². The van der Waals surface area contributed by atoms with E-state index in [0.29, 0.717) is 0 Å². The Morgan fingerprint density at radius 1 is 1.16 bits per heavy atom. The Labute approximate surface area is 155 Å². The topological polar surface area (TPSA) is 52.6 Å². The molecule has 1 heterocycles. The smallest absolute Gasteiger partial charge is 0.190 e. The van der Waals surface area contributed by atoms with Crippen molar-refractivity contribution in [1.29, 1.82) is 0 Å². The Hall–Kier alpha value is -2.08. The summed E-state index contributed by atoms with van der Waals surface area (Å²) in [5.41, 5.74) is 1.27. The number of aromatic nitrogens is 1. The predicted molar refractivity (Wildman–Crippen MR) is 109 cm³/mol. The van der Waals surface area contributed by atoms with E-state index in [1.807, 2.05) is 13.2 Å². The molecule has 1 aromatic carbocycles. The lowest BCUT2D eigenvalue weighted by molar-refractivity contribution is 0.686. The number of hydrogen-bond donors (Lipinski definition) is 2. The van der Waals surface area contributed by atoms with Gasteiger partial charge in [-0.1, -0.05) is 18.2 Å². The summed E-state index contributed by atoms with van der Waals surface area (Å²) in [5.74, 6) is 0.865. The lowest BCUT2D eigenvalue weighted by Gasteiger charge is -2.19. The van der Waals surface area contributed by atoms with Crippen LogP contribution in [0, 0.1) is 6.92 Å². The van der Waals surface area contributed by atoms with Crippen molar-refractivity contribution in [3.8, 4) is 0 Å². The average molecular weight is 360 g/mol. The molecule has 0 saturated carbocycles. The van der Waals surface area contributed by atoms with Gasteiger partial charge in [0.25, 0.3) is 0 Å². The van der Waals surface area contributed by atoms with Gasteiger partial charge in [0.2, 0.25) is 0 Å². The van der Waals surface area contributed by atoms with Crippen molar-refractivity contribution < 1.29 is 0 Å². The van der Waals surface area contributed by atoms with Gasteiger partial charge in [0.1, 0.15) is 0 Å². The summed E-state index contributed by atoms with van der Waals surface area (Å²) in [6.45, 7) is 4.92. The number of guanidine groups is 1. The first-order valence-electron chi connectivity index (χ1n) is 8.81. The molecule has 25 heavy (non-hydrogen) atoms. The van der Waals surface area contributed by atoms with E-state index in [9.17, 15) is 0 Å². The Balaban J connectivity index is 1.56. The van der Waals surface area contributed by atoms with Crippen LogP contribution >= 0.6 is 11.3 Å². The van der Waals surface area contributed by atoms with Crippen molar-refractivity contribution in [1.82, 2.24) is 15.6 Å². The number of para-hydroxylation sites is 1. The molecule has 0 spiro atoms. The molecule has 0 unspecified atom stereocenters. The Bertz CT molecular complexity index is 638. The Morgan fingerprint density at radius 2 is 1.92 bits per heavy atom. The number of hydrogen-bond acceptors (Lipinski definition) is 4. The van der Waals surface area contributed by atoms with Crippen LogP contribution in [0.2, 0.25) is 0 Å². The van der Waals surface area contributed by atoms with Gasteiger partial charge in [-0.2, -0.15) is 0 Å². The minimum absolute atomic E-state index is 0.851. The van der Waals surface area contributed by atoms with E-state index in [-0.39, 0.29) is 0 Å². The van der Waals surface area contributed by atoms with E-state index in [1.165, 1.54) is 15.6 Å². The van der Waals surface area contributed by atoms with Crippen molar-refractivity contribution in [3.63, 3.8) is 0 Å². The van der Waals surface area contributed by atoms with Crippen LogP contribution in [0.25, 0.3) is 0 Å². The standard InChI is InChI=1S/C19H29N5S/c1-16-15-23-18(25-16)11-13-22-19(20-2)21-12-7-8-14-24(3)17-9-5-4-6-10-17/h4-6,9-10,15H,7-8,11-14H2,1-3H3,(H2,20,21,22). The van der Waals surface area contributed by atoms with E-state index in [4.69, 9.17) is 0 Å². The monoisotopic (exact) mass is 359 g/mol.